The van der Waals surface area contributed by atoms with Gasteiger partial charge in [-0.2, -0.15) is 4.31 Å². The van der Waals surface area contributed by atoms with Gasteiger partial charge < -0.3 is 15.5 Å². The fourth-order valence-corrected chi connectivity index (χ4v) is 5.44. The van der Waals surface area contributed by atoms with Crippen LogP contribution in [0.1, 0.15) is 24.8 Å². The average Bonchev–Trinajstić information content (AvgIpc) is 3.41. The summed E-state index contributed by atoms with van der Waals surface area (Å²) in [6, 6.07) is 11.1. The Labute approximate surface area is 190 Å². The quantitative estimate of drug-likeness (QED) is 0.507. The predicted molar refractivity (Wildman–Crippen MR) is 121 cm³/mol. The van der Waals surface area contributed by atoms with Gasteiger partial charge in [-0.25, -0.2) is 13.2 Å². The molecule has 2 amide bonds. The number of primary amides is 1. The van der Waals surface area contributed by atoms with Gasteiger partial charge in [-0.15, -0.1) is 0 Å². The summed E-state index contributed by atoms with van der Waals surface area (Å²) in [6.45, 7) is 0.986. The lowest BCUT2D eigenvalue weighted by Gasteiger charge is -2.15. The summed E-state index contributed by atoms with van der Waals surface area (Å²) in [5, 5.41) is 2.73. The number of hydrogen-bond acceptors (Lipinski definition) is 6. The molecular formula is C22H24N4O6S. The summed E-state index contributed by atoms with van der Waals surface area (Å²) >= 11 is 0. The van der Waals surface area contributed by atoms with Crippen molar-refractivity contribution >= 4 is 38.6 Å². The first-order valence-corrected chi connectivity index (χ1v) is 12.0. The van der Waals surface area contributed by atoms with Crippen LogP contribution in [0.5, 0.6) is 0 Å². The fraction of sp³-hybridized carbons (Fsp3) is 0.318. The predicted octanol–water partition coefficient (Wildman–Crippen LogP) is 1.44. The Balaban J connectivity index is 1.49. The number of hydrogen-bond donors (Lipinski definition) is 2. The molecule has 3 aromatic rings. The van der Waals surface area contributed by atoms with Gasteiger partial charge in [0.1, 0.15) is 0 Å². The maximum Gasteiger partial charge on any atom is 0.419 e. The third kappa shape index (κ3) is 4.83. The summed E-state index contributed by atoms with van der Waals surface area (Å²) in [5.74, 6) is -1.55. The van der Waals surface area contributed by atoms with Crippen molar-refractivity contribution in [3.8, 4) is 0 Å². The lowest BCUT2D eigenvalue weighted by atomic mass is 10.1. The summed E-state index contributed by atoms with van der Waals surface area (Å²) in [7, 11) is -3.64. The van der Waals surface area contributed by atoms with Crippen molar-refractivity contribution in [1.29, 1.82) is 0 Å². The van der Waals surface area contributed by atoms with Gasteiger partial charge in [-0.3, -0.25) is 14.2 Å². The topological polar surface area (TPSA) is 145 Å². The minimum Gasteiger partial charge on any atom is -0.408 e. The first-order valence-electron chi connectivity index (χ1n) is 10.6. The highest BCUT2D eigenvalue weighted by Crippen LogP contribution is 2.24. The van der Waals surface area contributed by atoms with E-state index in [2.05, 4.69) is 5.32 Å². The number of oxazole rings is 1. The van der Waals surface area contributed by atoms with Gasteiger partial charge in [0.2, 0.25) is 21.8 Å². The highest BCUT2D eigenvalue weighted by atomic mass is 32.2. The molecule has 3 N–H and O–H groups in total. The standard InChI is InChI=1S/C22H24N4O6S/c23-20(27)13-15-5-1-2-6-17(15)24-21(28)9-12-26-18-8-7-16(14-19(18)32-22(26)29)33(30,31)25-10-3-4-11-25/h1-2,5-8,14H,3-4,9-13H2,(H2,23,27)(H,24,28). The van der Waals surface area contributed by atoms with Gasteiger partial charge >= 0.3 is 5.76 Å². The van der Waals surface area contributed by atoms with Crippen LogP contribution < -0.4 is 16.8 Å². The van der Waals surface area contributed by atoms with Crippen molar-refractivity contribution in [2.45, 2.75) is 37.1 Å². The van der Waals surface area contributed by atoms with Crippen LogP contribution >= 0.6 is 0 Å². The number of rotatable bonds is 8. The van der Waals surface area contributed by atoms with Crippen molar-refractivity contribution < 1.29 is 22.4 Å². The van der Waals surface area contributed by atoms with Crippen molar-refractivity contribution in [3.63, 3.8) is 0 Å². The maximum absolute atomic E-state index is 12.8. The van der Waals surface area contributed by atoms with Crippen LogP contribution in [-0.2, 0) is 32.6 Å². The normalized spacial score (nSPS) is 14.5. The Kier molecular flexibility index (Phi) is 6.34. The summed E-state index contributed by atoms with van der Waals surface area (Å²) in [4.78, 5) is 36.1. The van der Waals surface area contributed by atoms with E-state index < -0.39 is 21.7 Å². The maximum atomic E-state index is 12.8. The van der Waals surface area contributed by atoms with Gasteiger partial charge in [0, 0.05) is 37.8 Å². The second kappa shape index (κ2) is 9.20. The molecule has 0 spiro atoms. The van der Waals surface area contributed by atoms with Crippen LogP contribution in [0.2, 0.25) is 0 Å². The average molecular weight is 473 g/mol. The number of carbonyl (C=O) groups excluding carboxylic acids is 2. The Hall–Kier alpha value is -3.44. The summed E-state index contributed by atoms with van der Waals surface area (Å²) in [6.07, 6.45) is 1.60. The molecule has 1 saturated heterocycles. The molecule has 0 radical (unpaired) electrons. The number of carbonyl (C=O) groups is 2. The van der Waals surface area contributed by atoms with E-state index >= 15 is 0 Å². The molecule has 1 aliphatic heterocycles. The van der Waals surface area contributed by atoms with Crippen LogP contribution in [0.4, 0.5) is 5.69 Å². The number of fused-ring (bicyclic) bond motifs is 1. The SMILES string of the molecule is NC(=O)Cc1ccccc1NC(=O)CCn1c(=O)oc2cc(S(=O)(=O)N3CCCC3)ccc21. The van der Waals surface area contributed by atoms with Gasteiger partial charge in [-0.05, 0) is 36.6 Å². The van der Waals surface area contributed by atoms with E-state index in [-0.39, 0.29) is 35.8 Å². The number of nitrogens with one attached hydrogen (secondary N) is 1. The zero-order valence-electron chi connectivity index (χ0n) is 17.8. The monoisotopic (exact) mass is 472 g/mol. The number of para-hydroxylation sites is 1. The highest BCUT2D eigenvalue weighted by molar-refractivity contribution is 7.89. The van der Waals surface area contributed by atoms with Gasteiger partial charge in [0.15, 0.2) is 5.58 Å². The first-order chi connectivity index (χ1) is 15.8. The van der Waals surface area contributed by atoms with E-state index in [1.807, 2.05) is 0 Å². The minimum absolute atomic E-state index is 0.00898. The molecule has 1 aromatic heterocycles. The molecule has 11 heteroatoms. The summed E-state index contributed by atoms with van der Waals surface area (Å²) < 4.78 is 33.5. The number of amides is 2. The molecule has 10 nitrogen and oxygen atoms in total. The molecule has 0 aliphatic carbocycles. The van der Waals surface area contributed by atoms with Crippen LogP contribution in [0.15, 0.2) is 56.6 Å². The zero-order valence-corrected chi connectivity index (χ0v) is 18.6. The van der Waals surface area contributed by atoms with Gasteiger partial charge in [-0.1, -0.05) is 18.2 Å². The van der Waals surface area contributed by atoms with E-state index in [1.54, 1.807) is 24.3 Å². The molecule has 0 saturated carbocycles. The van der Waals surface area contributed by atoms with Crippen LogP contribution in [0.25, 0.3) is 11.1 Å². The second-order valence-corrected chi connectivity index (χ2v) is 9.80. The van der Waals surface area contributed by atoms with E-state index in [4.69, 9.17) is 10.2 Å². The van der Waals surface area contributed by atoms with Crippen LogP contribution in [0, 0.1) is 0 Å². The van der Waals surface area contributed by atoms with Crippen molar-refractivity contribution in [2.24, 2.45) is 5.73 Å². The number of aromatic nitrogens is 1. The number of sulfonamides is 1. The van der Waals surface area contributed by atoms with Crippen LogP contribution in [-0.4, -0.2) is 42.2 Å². The zero-order chi connectivity index (χ0) is 23.6. The number of nitrogens with two attached hydrogens (primary N) is 1. The molecule has 174 valence electrons. The molecule has 4 rings (SSSR count). The Bertz CT molecular complexity index is 1370. The first kappa shape index (κ1) is 22.7. The minimum atomic E-state index is -3.64. The van der Waals surface area contributed by atoms with Crippen LogP contribution in [0.3, 0.4) is 0 Å². The molecule has 0 atom stereocenters. The number of aryl methyl sites for hydroxylation is 1. The number of nitrogens with zero attached hydrogens (tertiary/aromatic N) is 2. The molecule has 1 fully saturated rings. The Morgan fingerprint density at radius 1 is 1.09 bits per heavy atom. The lowest BCUT2D eigenvalue weighted by molar-refractivity contribution is -0.118. The Morgan fingerprint density at radius 2 is 1.82 bits per heavy atom. The molecular weight excluding hydrogens is 448 g/mol. The van der Waals surface area contributed by atoms with E-state index in [0.29, 0.717) is 29.9 Å². The molecule has 2 heterocycles. The molecule has 0 bridgehead atoms. The van der Waals surface area contributed by atoms with E-state index in [9.17, 15) is 22.8 Å². The second-order valence-electron chi connectivity index (χ2n) is 7.86. The number of anilines is 1. The third-order valence-corrected chi connectivity index (χ3v) is 7.46. The molecule has 2 aromatic carbocycles. The van der Waals surface area contributed by atoms with Crippen molar-refractivity contribution in [2.75, 3.05) is 18.4 Å². The smallest absolute Gasteiger partial charge is 0.408 e. The van der Waals surface area contributed by atoms with E-state index in [1.165, 1.54) is 27.1 Å². The third-order valence-electron chi connectivity index (χ3n) is 5.56. The fourth-order valence-electron chi connectivity index (χ4n) is 3.91. The summed E-state index contributed by atoms with van der Waals surface area (Å²) in [5.41, 5.74) is 6.87. The van der Waals surface area contributed by atoms with Gasteiger partial charge in [0.05, 0.1) is 16.8 Å². The molecule has 0 unspecified atom stereocenters. The van der Waals surface area contributed by atoms with Crippen molar-refractivity contribution in [3.05, 3.63) is 58.6 Å². The Morgan fingerprint density at radius 3 is 2.55 bits per heavy atom. The highest BCUT2D eigenvalue weighted by Gasteiger charge is 2.28. The van der Waals surface area contributed by atoms with E-state index in [0.717, 1.165) is 12.8 Å². The van der Waals surface area contributed by atoms with Gasteiger partial charge in [0.25, 0.3) is 0 Å². The largest absolute Gasteiger partial charge is 0.419 e. The molecule has 1 aliphatic rings. The van der Waals surface area contributed by atoms with Crippen molar-refractivity contribution in [1.82, 2.24) is 8.87 Å². The molecule has 33 heavy (non-hydrogen) atoms. The number of benzene rings is 2. The lowest BCUT2D eigenvalue weighted by Crippen LogP contribution is -2.27.